The number of likely N-dealkylation sites (tertiary alicyclic amines) is 1. The second-order valence-corrected chi connectivity index (χ2v) is 6.87. The van der Waals surface area contributed by atoms with E-state index in [4.69, 9.17) is 5.73 Å². The van der Waals surface area contributed by atoms with Crippen LogP contribution in [-0.2, 0) is 0 Å². The van der Waals surface area contributed by atoms with Crippen LogP contribution in [-0.4, -0.2) is 53.9 Å². The van der Waals surface area contributed by atoms with E-state index < -0.39 is 0 Å². The summed E-state index contributed by atoms with van der Waals surface area (Å²) in [6.07, 6.45) is 3.69. The van der Waals surface area contributed by atoms with Crippen molar-refractivity contribution < 1.29 is 4.79 Å². The number of nitrogens with one attached hydrogen (secondary N) is 1. The minimum Gasteiger partial charge on any atom is -0.393 e. The monoisotopic (exact) mass is 354 g/mol. The van der Waals surface area contributed by atoms with Crippen LogP contribution in [0.3, 0.4) is 0 Å². The Morgan fingerprint density at radius 3 is 2.73 bits per heavy atom. The quantitative estimate of drug-likeness (QED) is 0.798. The molecule has 0 spiro atoms. The molecule has 0 bridgehead atoms. The lowest BCUT2D eigenvalue weighted by Crippen LogP contribution is -2.42. The molecule has 138 valence electrons. The van der Waals surface area contributed by atoms with Gasteiger partial charge in [-0.15, -0.1) is 0 Å². The number of Topliss-reactive ketones (excluding diaryl/α,β-unsaturated/α-hetero) is 1. The molecule has 0 unspecified atom stereocenters. The fourth-order valence-corrected chi connectivity index (χ4v) is 3.27. The van der Waals surface area contributed by atoms with E-state index in [2.05, 4.69) is 32.1 Å². The molecule has 0 atom stereocenters. The van der Waals surface area contributed by atoms with Crippen LogP contribution in [0.5, 0.6) is 0 Å². The van der Waals surface area contributed by atoms with Gasteiger partial charge in [-0.25, -0.2) is 9.97 Å². The zero-order chi connectivity index (χ0) is 18.7. The molecular weight excluding hydrogens is 328 g/mol. The number of anilines is 4. The maximum Gasteiger partial charge on any atom is 0.159 e. The molecule has 0 aliphatic carbocycles. The van der Waals surface area contributed by atoms with Gasteiger partial charge < -0.3 is 20.9 Å². The molecule has 1 saturated heterocycles. The number of hydrogen-bond acceptors (Lipinski definition) is 7. The van der Waals surface area contributed by atoms with Gasteiger partial charge in [-0.1, -0.05) is 12.1 Å². The Bertz CT molecular complexity index is 785. The van der Waals surface area contributed by atoms with Gasteiger partial charge in [-0.3, -0.25) is 4.79 Å². The zero-order valence-electron chi connectivity index (χ0n) is 15.6. The van der Waals surface area contributed by atoms with Gasteiger partial charge in [0.15, 0.2) is 17.4 Å². The number of ketones is 1. The minimum atomic E-state index is 0.0204. The average Bonchev–Trinajstić information content (AvgIpc) is 2.64. The summed E-state index contributed by atoms with van der Waals surface area (Å²) in [6.45, 7) is 3.69. The lowest BCUT2D eigenvalue weighted by molar-refractivity contribution is 0.101. The van der Waals surface area contributed by atoms with E-state index >= 15 is 0 Å². The van der Waals surface area contributed by atoms with Gasteiger partial charge in [-0.05, 0) is 52.0 Å². The molecule has 3 rings (SSSR count). The third-order valence-corrected chi connectivity index (χ3v) is 4.96. The van der Waals surface area contributed by atoms with Gasteiger partial charge in [0.05, 0.1) is 0 Å². The first kappa shape index (κ1) is 18.1. The fraction of sp³-hybridized carbons (Fsp3) is 0.421. The first-order valence-corrected chi connectivity index (χ1v) is 8.85. The second-order valence-electron chi connectivity index (χ2n) is 6.87. The number of carbonyl (C=O) groups is 1. The van der Waals surface area contributed by atoms with Crippen LogP contribution in [0.4, 0.5) is 23.0 Å². The summed E-state index contributed by atoms with van der Waals surface area (Å²) in [5.41, 5.74) is 8.29. The lowest BCUT2D eigenvalue weighted by atomic mass is 10.0. The standard InChI is InChI=1S/C19H26N6O/c1-13(26)14-5-4-6-15(11-14)23-18-17(20)19(22-12-21-18)25(3)16-7-9-24(2)10-8-16/h4-6,11-12,16H,7-10,20H2,1-3H3,(H,21,22,23). The van der Waals surface area contributed by atoms with Gasteiger partial charge in [0.25, 0.3) is 0 Å². The van der Waals surface area contributed by atoms with Crippen molar-refractivity contribution >= 4 is 28.8 Å². The van der Waals surface area contributed by atoms with Crippen molar-refractivity contribution in [2.24, 2.45) is 0 Å². The number of benzene rings is 1. The molecule has 2 aromatic rings. The molecule has 7 heteroatoms. The van der Waals surface area contributed by atoms with Crippen LogP contribution >= 0.6 is 0 Å². The first-order chi connectivity index (χ1) is 12.5. The van der Waals surface area contributed by atoms with E-state index in [1.165, 1.54) is 6.33 Å². The van der Waals surface area contributed by atoms with Gasteiger partial charge in [0, 0.05) is 24.3 Å². The van der Waals surface area contributed by atoms with Crippen molar-refractivity contribution in [3.05, 3.63) is 36.2 Å². The molecule has 1 fully saturated rings. The predicted octanol–water partition coefficient (Wildman–Crippen LogP) is 2.54. The van der Waals surface area contributed by atoms with Crippen molar-refractivity contribution in [2.45, 2.75) is 25.8 Å². The maximum absolute atomic E-state index is 11.6. The largest absolute Gasteiger partial charge is 0.393 e. The summed E-state index contributed by atoms with van der Waals surface area (Å²) in [4.78, 5) is 24.7. The molecule has 1 aromatic carbocycles. The predicted molar refractivity (Wildman–Crippen MR) is 105 cm³/mol. The van der Waals surface area contributed by atoms with Crippen LogP contribution in [0.15, 0.2) is 30.6 Å². The van der Waals surface area contributed by atoms with Crippen molar-refractivity contribution in [1.82, 2.24) is 14.9 Å². The van der Waals surface area contributed by atoms with Crippen LogP contribution in [0.25, 0.3) is 0 Å². The molecule has 2 heterocycles. The van der Waals surface area contributed by atoms with Crippen molar-refractivity contribution in [3.63, 3.8) is 0 Å². The molecule has 0 saturated carbocycles. The Balaban J connectivity index is 1.81. The van der Waals surface area contributed by atoms with Crippen molar-refractivity contribution in [1.29, 1.82) is 0 Å². The topological polar surface area (TPSA) is 87.4 Å². The summed E-state index contributed by atoms with van der Waals surface area (Å²) < 4.78 is 0. The van der Waals surface area contributed by atoms with Crippen LogP contribution in [0, 0.1) is 0 Å². The van der Waals surface area contributed by atoms with Crippen LogP contribution < -0.4 is 16.0 Å². The molecule has 1 aliphatic heterocycles. The van der Waals surface area contributed by atoms with Gasteiger partial charge in [0.1, 0.15) is 12.0 Å². The third kappa shape index (κ3) is 3.94. The highest BCUT2D eigenvalue weighted by Crippen LogP contribution is 2.30. The Hall–Kier alpha value is -2.67. The molecule has 26 heavy (non-hydrogen) atoms. The first-order valence-electron chi connectivity index (χ1n) is 8.85. The summed E-state index contributed by atoms with van der Waals surface area (Å²) >= 11 is 0. The van der Waals surface area contributed by atoms with E-state index in [9.17, 15) is 4.79 Å². The number of carbonyl (C=O) groups excluding carboxylic acids is 1. The summed E-state index contributed by atoms with van der Waals surface area (Å²) in [5.74, 6) is 1.31. The van der Waals surface area contributed by atoms with Gasteiger partial charge in [0.2, 0.25) is 0 Å². The number of nitrogen functional groups attached to an aromatic ring is 1. The van der Waals surface area contributed by atoms with E-state index in [1.54, 1.807) is 19.1 Å². The summed E-state index contributed by atoms with van der Waals surface area (Å²) in [6, 6.07) is 7.72. The normalized spacial score (nSPS) is 15.7. The SMILES string of the molecule is CC(=O)c1cccc(Nc2ncnc(N(C)C3CCN(C)CC3)c2N)c1. The molecule has 0 radical (unpaired) electrons. The van der Waals surface area contributed by atoms with Crippen molar-refractivity contribution in [3.8, 4) is 0 Å². The van der Waals surface area contributed by atoms with Crippen LogP contribution in [0.1, 0.15) is 30.1 Å². The second kappa shape index (κ2) is 7.70. The minimum absolute atomic E-state index is 0.0204. The highest BCUT2D eigenvalue weighted by molar-refractivity contribution is 5.95. The molecule has 7 nitrogen and oxygen atoms in total. The Morgan fingerprint density at radius 2 is 2.04 bits per heavy atom. The van der Waals surface area contributed by atoms with E-state index in [-0.39, 0.29) is 5.78 Å². The number of aromatic nitrogens is 2. The molecule has 1 aliphatic rings. The fourth-order valence-electron chi connectivity index (χ4n) is 3.27. The molecule has 1 aromatic heterocycles. The smallest absolute Gasteiger partial charge is 0.159 e. The Morgan fingerprint density at radius 1 is 1.31 bits per heavy atom. The van der Waals surface area contributed by atoms with E-state index in [0.29, 0.717) is 23.1 Å². The third-order valence-electron chi connectivity index (χ3n) is 4.96. The number of nitrogens with two attached hydrogens (primary N) is 1. The Labute approximate surface area is 154 Å². The van der Waals surface area contributed by atoms with E-state index in [1.807, 2.05) is 19.2 Å². The van der Waals surface area contributed by atoms with Crippen LogP contribution in [0.2, 0.25) is 0 Å². The highest BCUT2D eigenvalue weighted by Gasteiger charge is 2.23. The summed E-state index contributed by atoms with van der Waals surface area (Å²) in [5, 5.41) is 3.21. The number of piperidine rings is 1. The molecule has 0 amide bonds. The van der Waals surface area contributed by atoms with Crippen molar-refractivity contribution in [2.75, 3.05) is 43.1 Å². The van der Waals surface area contributed by atoms with Gasteiger partial charge >= 0.3 is 0 Å². The molecular formula is C19H26N6O. The highest BCUT2D eigenvalue weighted by atomic mass is 16.1. The number of hydrogen-bond donors (Lipinski definition) is 2. The lowest BCUT2D eigenvalue weighted by Gasteiger charge is -2.36. The van der Waals surface area contributed by atoms with Gasteiger partial charge in [-0.2, -0.15) is 0 Å². The average molecular weight is 354 g/mol. The summed E-state index contributed by atoms with van der Waals surface area (Å²) in [7, 11) is 4.18. The number of nitrogens with zero attached hydrogens (tertiary/aromatic N) is 4. The zero-order valence-corrected chi connectivity index (χ0v) is 15.6. The number of rotatable bonds is 5. The molecule has 3 N–H and O–H groups in total. The Kier molecular flexibility index (Phi) is 5.37. The maximum atomic E-state index is 11.6. The van der Waals surface area contributed by atoms with E-state index in [0.717, 1.165) is 37.4 Å².